The van der Waals surface area contributed by atoms with Crippen LogP contribution in [0.4, 0.5) is 5.69 Å². The fourth-order valence-electron chi connectivity index (χ4n) is 2.62. The largest absolute Gasteiger partial charge is 0.377 e. The summed E-state index contributed by atoms with van der Waals surface area (Å²) in [6.45, 7) is 0. The van der Waals surface area contributed by atoms with Crippen molar-refractivity contribution in [3.8, 4) is 0 Å². The molecule has 0 heterocycles. The number of carbonyl (C=O) groups excluding carboxylic acids is 1. The summed E-state index contributed by atoms with van der Waals surface area (Å²) < 4.78 is 0. The molecule has 0 aromatic heterocycles. The van der Waals surface area contributed by atoms with Gasteiger partial charge in [-0.2, -0.15) is 0 Å². The van der Waals surface area contributed by atoms with E-state index in [2.05, 4.69) is 11.0 Å². The van der Waals surface area contributed by atoms with Crippen LogP contribution in [0.1, 0.15) is 27.0 Å². The van der Waals surface area contributed by atoms with Crippen molar-refractivity contribution in [3.05, 3.63) is 64.7 Å². The summed E-state index contributed by atoms with van der Waals surface area (Å²) in [5.41, 5.74) is 5.10. The number of anilines is 1. The van der Waals surface area contributed by atoms with Crippen LogP contribution in [0.25, 0.3) is 0 Å². The van der Waals surface area contributed by atoms with Gasteiger partial charge in [-0.15, -0.1) is 0 Å². The predicted octanol–water partition coefficient (Wildman–Crippen LogP) is 2.89. The zero-order valence-electron chi connectivity index (χ0n) is 10.6. The van der Waals surface area contributed by atoms with Crippen LogP contribution in [0.15, 0.2) is 42.5 Å². The van der Waals surface area contributed by atoms with E-state index >= 15 is 0 Å². The van der Waals surface area contributed by atoms with Gasteiger partial charge in [0.2, 0.25) is 0 Å². The van der Waals surface area contributed by atoms with Crippen LogP contribution in [0.2, 0.25) is 0 Å². The van der Waals surface area contributed by atoms with Gasteiger partial charge in [0.05, 0.1) is 0 Å². The highest BCUT2D eigenvalue weighted by molar-refractivity contribution is 6.13. The molecule has 1 aliphatic rings. The van der Waals surface area contributed by atoms with Crippen LogP contribution >= 0.6 is 0 Å². The van der Waals surface area contributed by atoms with Gasteiger partial charge in [-0.05, 0) is 17.2 Å². The molecule has 0 fully saturated rings. The minimum absolute atomic E-state index is 0.149. The van der Waals surface area contributed by atoms with Gasteiger partial charge in [0.25, 0.3) is 0 Å². The van der Waals surface area contributed by atoms with E-state index in [4.69, 9.17) is 0 Å². The Labute approximate surface area is 107 Å². The van der Waals surface area contributed by atoms with Crippen LogP contribution in [-0.2, 0) is 6.42 Å². The molecule has 90 valence electrons. The zero-order chi connectivity index (χ0) is 12.7. The minimum atomic E-state index is 0.149. The van der Waals surface area contributed by atoms with E-state index in [1.54, 1.807) is 0 Å². The fraction of sp³-hybridized carbons (Fsp3) is 0.188. The summed E-state index contributed by atoms with van der Waals surface area (Å²) >= 11 is 0. The van der Waals surface area contributed by atoms with Crippen molar-refractivity contribution in [2.75, 3.05) is 19.0 Å². The normalized spacial score (nSPS) is 12.9. The molecule has 0 amide bonds. The molecule has 18 heavy (non-hydrogen) atoms. The predicted molar refractivity (Wildman–Crippen MR) is 73.4 cm³/mol. The lowest BCUT2D eigenvalue weighted by Gasteiger charge is -2.24. The van der Waals surface area contributed by atoms with Crippen molar-refractivity contribution in [2.24, 2.45) is 0 Å². The number of benzene rings is 2. The molecule has 2 nitrogen and oxygen atoms in total. The van der Waals surface area contributed by atoms with Crippen molar-refractivity contribution in [1.82, 2.24) is 0 Å². The molecule has 0 N–H and O–H groups in total. The first-order valence-electron chi connectivity index (χ1n) is 6.10. The number of hydrogen-bond acceptors (Lipinski definition) is 2. The molecule has 0 aliphatic heterocycles. The third-order valence-electron chi connectivity index (χ3n) is 3.51. The second kappa shape index (κ2) is 3.98. The molecule has 1 aliphatic carbocycles. The Balaban J connectivity index is 2.22. The molecule has 3 rings (SSSR count). The summed E-state index contributed by atoms with van der Waals surface area (Å²) in [4.78, 5) is 14.5. The number of nitrogens with zero attached hydrogens (tertiary/aromatic N) is 1. The molecule has 0 unspecified atom stereocenters. The Morgan fingerprint density at radius 1 is 0.944 bits per heavy atom. The highest BCUT2D eigenvalue weighted by Crippen LogP contribution is 2.32. The minimum Gasteiger partial charge on any atom is -0.377 e. The summed E-state index contributed by atoms with van der Waals surface area (Å²) in [5.74, 6) is 0.149. The molecule has 0 atom stereocenters. The lowest BCUT2D eigenvalue weighted by Crippen LogP contribution is -2.19. The van der Waals surface area contributed by atoms with Crippen molar-refractivity contribution >= 4 is 11.5 Å². The van der Waals surface area contributed by atoms with Gasteiger partial charge in [-0.25, -0.2) is 0 Å². The smallest absolute Gasteiger partial charge is 0.193 e. The lowest BCUT2D eigenvalue weighted by molar-refractivity contribution is 0.103. The van der Waals surface area contributed by atoms with E-state index in [1.165, 1.54) is 0 Å². The maximum Gasteiger partial charge on any atom is 0.193 e. The zero-order valence-corrected chi connectivity index (χ0v) is 10.6. The van der Waals surface area contributed by atoms with E-state index < -0.39 is 0 Å². The van der Waals surface area contributed by atoms with Crippen molar-refractivity contribution < 1.29 is 4.79 Å². The third kappa shape index (κ3) is 1.53. The molecule has 2 aromatic rings. The maximum atomic E-state index is 12.5. The van der Waals surface area contributed by atoms with Crippen molar-refractivity contribution in [3.63, 3.8) is 0 Å². The molecular weight excluding hydrogens is 222 g/mol. The van der Waals surface area contributed by atoms with Gasteiger partial charge < -0.3 is 4.90 Å². The Morgan fingerprint density at radius 3 is 2.44 bits per heavy atom. The SMILES string of the molecule is CN(C)c1cccc2c1Cc1ccccc1C2=O. The molecule has 0 saturated heterocycles. The summed E-state index contributed by atoms with van der Waals surface area (Å²) in [6, 6.07) is 13.8. The average Bonchev–Trinajstić information content (AvgIpc) is 2.38. The van der Waals surface area contributed by atoms with E-state index in [9.17, 15) is 4.79 Å². The number of hydrogen-bond donors (Lipinski definition) is 0. The standard InChI is InChI=1S/C16H15NO/c1-17(2)15-9-5-8-13-14(15)10-11-6-3-4-7-12(11)16(13)18/h3-9H,10H2,1-2H3. The van der Waals surface area contributed by atoms with E-state index in [0.717, 1.165) is 34.4 Å². The first kappa shape index (κ1) is 11.0. The Morgan fingerprint density at radius 2 is 1.67 bits per heavy atom. The lowest BCUT2D eigenvalue weighted by atomic mass is 9.84. The Hall–Kier alpha value is -2.09. The number of ketones is 1. The van der Waals surface area contributed by atoms with Crippen LogP contribution < -0.4 is 4.90 Å². The Bertz CT molecular complexity index is 629. The van der Waals surface area contributed by atoms with Crippen molar-refractivity contribution in [2.45, 2.75) is 6.42 Å². The summed E-state index contributed by atoms with van der Waals surface area (Å²) in [7, 11) is 4.03. The molecule has 0 bridgehead atoms. The first-order valence-corrected chi connectivity index (χ1v) is 6.10. The maximum absolute atomic E-state index is 12.5. The average molecular weight is 237 g/mol. The highest BCUT2D eigenvalue weighted by Gasteiger charge is 2.24. The van der Waals surface area contributed by atoms with Crippen LogP contribution in [0.3, 0.4) is 0 Å². The first-order chi connectivity index (χ1) is 8.68. The van der Waals surface area contributed by atoms with E-state index in [-0.39, 0.29) is 5.78 Å². The third-order valence-corrected chi connectivity index (χ3v) is 3.51. The highest BCUT2D eigenvalue weighted by atomic mass is 16.1. The number of carbonyl (C=O) groups is 1. The fourth-order valence-corrected chi connectivity index (χ4v) is 2.62. The number of fused-ring (bicyclic) bond motifs is 2. The quantitative estimate of drug-likeness (QED) is 0.648. The molecule has 0 spiro atoms. The van der Waals surface area contributed by atoms with Gasteiger partial charge in [-0.3, -0.25) is 4.79 Å². The topological polar surface area (TPSA) is 20.3 Å². The van der Waals surface area contributed by atoms with Crippen LogP contribution in [0, 0.1) is 0 Å². The van der Waals surface area contributed by atoms with Crippen LogP contribution in [0.5, 0.6) is 0 Å². The van der Waals surface area contributed by atoms with Gasteiger partial charge in [0, 0.05) is 37.3 Å². The Kier molecular flexibility index (Phi) is 2.44. The summed E-state index contributed by atoms with van der Waals surface area (Å²) in [6.07, 6.45) is 0.839. The molecule has 2 heteroatoms. The second-order valence-corrected chi connectivity index (χ2v) is 4.86. The van der Waals surface area contributed by atoms with Gasteiger partial charge in [0.15, 0.2) is 5.78 Å². The van der Waals surface area contributed by atoms with Crippen LogP contribution in [-0.4, -0.2) is 19.9 Å². The number of rotatable bonds is 1. The molecule has 0 radical (unpaired) electrons. The van der Waals surface area contributed by atoms with E-state index in [0.29, 0.717) is 0 Å². The van der Waals surface area contributed by atoms with E-state index in [1.807, 2.05) is 50.5 Å². The molecule has 0 saturated carbocycles. The second-order valence-electron chi connectivity index (χ2n) is 4.86. The van der Waals surface area contributed by atoms with Gasteiger partial charge in [-0.1, -0.05) is 36.4 Å². The van der Waals surface area contributed by atoms with Gasteiger partial charge in [0.1, 0.15) is 0 Å². The van der Waals surface area contributed by atoms with Crippen molar-refractivity contribution in [1.29, 1.82) is 0 Å². The molecular formula is C16H15NO. The molecule has 2 aromatic carbocycles. The van der Waals surface area contributed by atoms with Gasteiger partial charge >= 0.3 is 0 Å². The monoisotopic (exact) mass is 237 g/mol. The summed E-state index contributed by atoms with van der Waals surface area (Å²) in [5, 5.41) is 0.